The third kappa shape index (κ3) is 4.19. The fraction of sp³-hybridized carbons (Fsp3) is 0.500. The van der Waals surface area contributed by atoms with Crippen LogP contribution in [0.3, 0.4) is 0 Å². The zero-order valence-electron chi connectivity index (χ0n) is 14.1. The van der Waals surface area contributed by atoms with Crippen LogP contribution in [0, 0.1) is 0 Å². The maximum Gasteiger partial charge on any atom is 0.175 e. The fourth-order valence-corrected chi connectivity index (χ4v) is 3.83. The molecule has 0 aliphatic carbocycles. The van der Waals surface area contributed by atoms with Crippen molar-refractivity contribution in [1.29, 1.82) is 0 Å². The topological polar surface area (TPSA) is 71.3 Å². The highest BCUT2D eigenvalue weighted by molar-refractivity contribution is 7.90. The number of likely N-dealkylation sites (N-methyl/N-ethyl adjacent to an activating group) is 1. The van der Waals surface area contributed by atoms with Crippen LogP contribution in [0.2, 0.25) is 0 Å². The fourth-order valence-electron chi connectivity index (χ4n) is 2.89. The molecule has 0 amide bonds. The second kappa shape index (κ2) is 7.00. The predicted octanol–water partition coefficient (Wildman–Crippen LogP) is 0.477. The highest BCUT2D eigenvalue weighted by atomic mass is 32.2. The predicted molar refractivity (Wildman–Crippen MR) is 91.4 cm³/mol. The lowest BCUT2D eigenvalue weighted by atomic mass is 10.2. The van der Waals surface area contributed by atoms with Crippen LogP contribution in [-0.2, 0) is 22.9 Å². The third-order valence-corrected chi connectivity index (χ3v) is 5.47. The summed E-state index contributed by atoms with van der Waals surface area (Å²) in [4.78, 5) is 5.02. The summed E-state index contributed by atoms with van der Waals surface area (Å²) < 4.78 is 25.5. The maximum absolute atomic E-state index is 11.9. The van der Waals surface area contributed by atoms with E-state index in [-0.39, 0.29) is 0 Å². The van der Waals surface area contributed by atoms with Gasteiger partial charge in [0.25, 0.3) is 0 Å². The van der Waals surface area contributed by atoms with Gasteiger partial charge >= 0.3 is 0 Å². The average molecular weight is 349 g/mol. The molecule has 0 unspecified atom stereocenters. The van der Waals surface area contributed by atoms with Gasteiger partial charge in [-0.2, -0.15) is 0 Å². The monoisotopic (exact) mass is 349 g/mol. The van der Waals surface area contributed by atoms with Crippen molar-refractivity contribution >= 4 is 9.84 Å². The van der Waals surface area contributed by atoms with Gasteiger partial charge in [0.2, 0.25) is 0 Å². The van der Waals surface area contributed by atoms with Crippen molar-refractivity contribution in [2.75, 3.05) is 39.5 Å². The van der Waals surface area contributed by atoms with Gasteiger partial charge in [0.1, 0.15) is 0 Å². The van der Waals surface area contributed by atoms with E-state index >= 15 is 0 Å². The summed E-state index contributed by atoms with van der Waals surface area (Å²) in [7, 11) is -1.12. The number of rotatable bonds is 5. The lowest BCUT2D eigenvalue weighted by Gasteiger charge is -2.31. The number of hydrogen-bond acceptors (Lipinski definition) is 6. The summed E-state index contributed by atoms with van der Waals surface area (Å²) in [5.74, 6) is 0. The molecule has 7 nitrogen and oxygen atoms in total. The molecule has 8 heteroatoms. The van der Waals surface area contributed by atoms with Gasteiger partial charge in [0.05, 0.1) is 23.3 Å². The van der Waals surface area contributed by atoms with E-state index < -0.39 is 9.84 Å². The zero-order chi connectivity index (χ0) is 17.2. The van der Waals surface area contributed by atoms with Gasteiger partial charge in [-0.15, -0.1) is 5.10 Å². The lowest BCUT2D eigenvalue weighted by Crippen LogP contribution is -2.43. The van der Waals surface area contributed by atoms with Crippen LogP contribution in [0.5, 0.6) is 0 Å². The molecule has 1 aromatic heterocycles. The molecule has 3 rings (SSSR count). The first-order chi connectivity index (χ1) is 11.4. The van der Waals surface area contributed by atoms with Gasteiger partial charge in [0, 0.05) is 39.0 Å². The number of aromatic nitrogens is 3. The summed E-state index contributed by atoms with van der Waals surface area (Å²) in [6.45, 7) is 5.37. The molecule has 1 fully saturated rings. The van der Waals surface area contributed by atoms with Crippen molar-refractivity contribution in [3.05, 3.63) is 41.7 Å². The maximum atomic E-state index is 11.9. The first-order valence-corrected chi connectivity index (χ1v) is 9.89. The molecule has 130 valence electrons. The Kier molecular flexibility index (Phi) is 4.98. The van der Waals surface area contributed by atoms with Crippen LogP contribution < -0.4 is 0 Å². The van der Waals surface area contributed by atoms with Crippen LogP contribution in [0.1, 0.15) is 11.3 Å². The lowest BCUT2D eigenvalue weighted by molar-refractivity contribution is 0.147. The number of nitrogens with zero attached hydrogens (tertiary/aromatic N) is 5. The molecule has 1 aliphatic rings. The van der Waals surface area contributed by atoms with Crippen LogP contribution in [0.15, 0.2) is 35.4 Å². The number of hydrogen-bond donors (Lipinski definition) is 0. The van der Waals surface area contributed by atoms with E-state index in [0.717, 1.165) is 44.0 Å². The Balaban J connectivity index is 1.69. The Morgan fingerprint density at radius 3 is 2.50 bits per heavy atom. The quantitative estimate of drug-likeness (QED) is 0.782. The van der Waals surface area contributed by atoms with Crippen molar-refractivity contribution in [3.63, 3.8) is 0 Å². The van der Waals surface area contributed by atoms with E-state index in [2.05, 4.69) is 27.2 Å². The molecule has 0 spiro atoms. The van der Waals surface area contributed by atoms with Crippen molar-refractivity contribution in [2.24, 2.45) is 0 Å². The molecule has 0 bridgehead atoms. The van der Waals surface area contributed by atoms with Gasteiger partial charge in [0.15, 0.2) is 9.84 Å². The minimum absolute atomic E-state index is 0.348. The molecule has 0 N–H and O–H groups in total. The van der Waals surface area contributed by atoms with Gasteiger partial charge in [-0.25, -0.2) is 13.1 Å². The molecule has 1 aromatic carbocycles. The molecule has 0 saturated carbocycles. The largest absolute Gasteiger partial charge is 0.304 e. The van der Waals surface area contributed by atoms with Crippen molar-refractivity contribution in [3.8, 4) is 0 Å². The van der Waals surface area contributed by atoms with E-state index in [0.29, 0.717) is 11.4 Å². The second-order valence-electron chi connectivity index (χ2n) is 6.37. The molecule has 2 heterocycles. The van der Waals surface area contributed by atoms with Crippen molar-refractivity contribution in [2.45, 2.75) is 18.0 Å². The highest BCUT2D eigenvalue weighted by Crippen LogP contribution is 2.16. The first kappa shape index (κ1) is 17.1. The standard InChI is InChI=1S/C16H23N5O2S/c1-19-7-9-20(10-8-19)12-15-13-21(18-17-15)11-14-5-3-4-6-16(14)24(2,22)23/h3-6,13H,7-12H2,1-2H3. The number of benzene rings is 1. The summed E-state index contributed by atoms with van der Waals surface area (Å²) in [5, 5.41) is 8.38. The van der Waals surface area contributed by atoms with E-state index in [9.17, 15) is 8.42 Å². The van der Waals surface area contributed by atoms with E-state index in [1.54, 1.807) is 16.8 Å². The van der Waals surface area contributed by atoms with Crippen LogP contribution in [0.25, 0.3) is 0 Å². The molecular weight excluding hydrogens is 326 g/mol. The second-order valence-corrected chi connectivity index (χ2v) is 8.35. The number of piperazine rings is 1. The molecule has 2 aromatic rings. The normalized spacial score (nSPS) is 17.2. The van der Waals surface area contributed by atoms with Crippen LogP contribution >= 0.6 is 0 Å². The van der Waals surface area contributed by atoms with Crippen LogP contribution in [0.4, 0.5) is 0 Å². The van der Waals surface area contributed by atoms with Gasteiger partial charge in [-0.3, -0.25) is 4.90 Å². The summed E-state index contributed by atoms with van der Waals surface area (Å²) in [6, 6.07) is 7.02. The van der Waals surface area contributed by atoms with E-state index in [1.807, 2.05) is 18.3 Å². The molecule has 1 saturated heterocycles. The zero-order valence-corrected chi connectivity index (χ0v) is 14.9. The highest BCUT2D eigenvalue weighted by Gasteiger charge is 2.16. The Labute approximate surface area is 142 Å². The van der Waals surface area contributed by atoms with Gasteiger partial charge in [-0.1, -0.05) is 23.4 Å². The molecular formula is C16H23N5O2S. The molecule has 0 atom stereocenters. The smallest absolute Gasteiger partial charge is 0.175 e. The summed E-state index contributed by atoms with van der Waals surface area (Å²) in [5.41, 5.74) is 1.65. The minimum Gasteiger partial charge on any atom is -0.304 e. The van der Waals surface area contributed by atoms with Crippen LogP contribution in [-0.4, -0.2) is 72.7 Å². The van der Waals surface area contributed by atoms with Gasteiger partial charge in [-0.05, 0) is 18.7 Å². The Hall–Kier alpha value is -1.77. The first-order valence-electron chi connectivity index (χ1n) is 8.00. The summed E-state index contributed by atoms with van der Waals surface area (Å²) >= 11 is 0. The minimum atomic E-state index is -3.25. The summed E-state index contributed by atoms with van der Waals surface area (Å²) in [6.07, 6.45) is 3.13. The van der Waals surface area contributed by atoms with E-state index in [1.165, 1.54) is 6.26 Å². The Morgan fingerprint density at radius 1 is 1.08 bits per heavy atom. The van der Waals surface area contributed by atoms with Crippen molar-refractivity contribution < 1.29 is 8.42 Å². The van der Waals surface area contributed by atoms with E-state index in [4.69, 9.17) is 0 Å². The molecule has 24 heavy (non-hydrogen) atoms. The number of sulfone groups is 1. The SMILES string of the molecule is CN1CCN(Cc2cn(Cc3ccccc3S(C)(=O)=O)nn2)CC1. The average Bonchev–Trinajstić information content (AvgIpc) is 2.96. The third-order valence-electron chi connectivity index (χ3n) is 4.27. The Bertz CT molecular complexity index is 794. The van der Waals surface area contributed by atoms with Gasteiger partial charge < -0.3 is 4.90 Å². The van der Waals surface area contributed by atoms with Crippen molar-refractivity contribution in [1.82, 2.24) is 24.8 Å². The Morgan fingerprint density at radius 2 is 1.79 bits per heavy atom. The molecule has 0 radical (unpaired) electrons. The molecule has 1 aliphatic heterocycles.